The fourth-order valence-electron chi connectivity index (χ4n) is 1.80. The van der Waals surface area contributed by atoms with E-state index in [0.29, 0.717) is 12.0 Å². The monoisotopic (exact) mass is 271 g/mol. The largest absolute Gasteiger partial charge is 0.396 e. The molecule has 4 nitrogen and oxygen atoms in total. The van der Waals surface area contributed by atoms with Crippen molar-refractivity contribution in [1.29, 1.82) is 0 Å². The molecule has 1 aromatic rings. The molecule has 0 aliphatic heterocycles. The Hall–Kier alpha value is -0.650. The standard InChI is InChI=1S/C13H25N3OS/c1-9(2)11(6-7-17)14-8-12-10(3)15-13(18-12)16(4)5/h9,11,14,17H,6-8H2,1-5H3. The predicted octanol–water partition coefficient (Wildman–Crippen LogP) is 2.01. The zero-order chi connectivity index (χ0) is 13.7. The number of nitrogens with zero attached hydrogens (tertiary/aromatic N) is 2. The fraction of sp³-hybridized carbons (Fsp3) is 0.769. The maximum atomic E-state index is 9.06. The van der Waals surface area contributed by atoms with E-state index < -0.39 is 0 Å². The number of hydrogen-bond acceptors (Lipinski definition) is 5. The van der Waals surface area contributed by atoms with Gasteiger partial charge in [0.1, 0.15) is 0 Å². The Morgan fingerprint density at radius 3 is 2.50 bits per heavy atom. The molecule has 2 N–H and O–H groups in total. The summed E-state index contributed by atoms with van der Waals surface area (Å²) in [6.45, 7) is 7.48. The second-order valence-electron chi connectivity index (χ2n) is 5.14. The SMILES string of the molecule is Cc1nc(N(C)C)sc1CNC(CCO)C(C)C. The van der Waals surface area contributed by atoms with Crippen LogP contribution in [0.2, 0.25) is 0 Å². The van der Waals surface area contributed by atoms with Gasteiger partial charge in [-0.15, -0.1) is 11.3 Å². The molecule has 18 heavy (non-hydrogen) atoms. The van der Waals surface area contributed by atoms with Crippen LogP contribution in [0.25, 0.3) is 0 Å². The third-order valence-electron chi connectivity index (χ3n) is 3.03. The predicted molar refractivity (Wildman–Crippen MR) is 78.3 cm³/mol. The zero-order valence-corrected chi connectivity index (χ0v) is 12.8. The van der Waals surface area contributed by atoms with Crippen LogP contribution >= 0.6 is 11.3 Å². The number of thiazole rings is 1. The Kier molecular flexibility index (Phi) is 6.05. The summed E-state index contributed by atoms with van der Waals surface area (Å²) in [7, 11) is 4.02. The molecule has 0 aliphatic rings. The number of anilines is 1. The van der Waals surface area contributed by atoms with Gasteiger partial charge in [0.25, 0.3) is 0 Å². The van der Waals surface area contributed by atoms with Crippen molar-refractivity contribution < 1.29 is 5.11 Å². The quantitative estimate of drug-likeness (QED) is 0.796. The van der Waals surface area contributed by atoms with Gasteiger partial charge < -0.3 is 15.3 Å². The summed E-state index contributed by atoms with van der Waals surface area (Å²) in [4.78, 5) is 7.85. The van der Waals surface area contributed by atoms with Crippen molar-refractivity contribution >= 4 is 16.5 Å². The topological polar surface area (TPSA) is 48.4 Å². The van der Waals surface area contributed by atoms with Gasteiger partial charge in [0.05, 0.1) is 5.69 Å². The van der Waals surface area contributed by atoms with Crippen LogP contribution < -0.4 is 10.2 Å². The number of aromatic nitrogens is 1. The molecule has 1 unspecified atom stereocenters. The third kappa shape index (κ3) is 4.23. The van der Waals surface area contributed by atoms with Crippen LogP contribution in [0.4, 0.5) is 5.13 Å². The molecule has 0 saturated carbocycles. The molecule has 1 heterocycles. The molecule has 0 fully saturated rings. The molecule has 104 valence electrons. The summed E-state index contributed by atoms with van der Waals surface area (Å²) in [6.07, 6.45) is 0.802. The highest BCUT2D eigenvalue weighted by Crippen LogP contribution is 2.24. The van der Waals surface area contributed by atoms with E-state index in [4.69, 9.17) is 5.11 Å². The van der Waals surface area contributed by atoms with E-state index in [2.05, 4.69) is 31.1 Å². The molecule has 0 spiro atoms. The van der Waals surface area contributed by atoms with Crippen LogP contribution in [0.1, 0.15) is 30.8 Å². The molecule has 1 atom stereocenters. The first-order chi connectivity index (χ1) is 8.45. The molecule has 1 aromatic heterocycles. The highest BCUT2D eigenvalue weighted by atomic mass is 32.1. The van der Waals surface area contributed by atoms with Crippen molar-refractivity contribution in [3.8, 4) is 0 Å². The van der Waals surface area contributed by atoms with Crippen LogP contribution in [0, 0.1) is 12.8 Å². The van der Waals surface area contributed by atoms with E-state index in [1.807, 2.05) is 19.0 Å². The molecule has 0 amide bonds. The molecule has 0 aromatic carbocycles. The van der Waals surface area contributed by atoms with Crippen molar-refractivity contribution in [2.45, 2.75) is 39.8 Å². The lowest BCUT2D eigenvalue weighted by Crippen LogP contribution is -2.34. The minimum atomic E-state index is 0.237. The first kappa shape index (κ1) is 15.4. The van der Waals surface area contributed by atoms with Gasteiger partial charge in [-0.3, -0.25) is 0 Å². The number of rotatable bonds is 7. The van der Waals surface area contributed by atoms with Gasteiger partial charge in [-0.25, -0.2) is 4.98 Å². The highest BCUT2D eigenvalue weighted by Gasteiger charge is 2.14. The van der Waals surface area contributed by atoms with Crippen molar-refractivity contribution in [3.05, 3.63) is 10.6 Å². The maximum Gasteiger partial charge on any atom is 0.185 e. The van der Waals surface area contributed by atoms with Gasteiger partial charge in [0.15, 0.2) is 5.13 Å². The van der Waals surface area contributed by atoms with Gasteiger partial charge in [-0.1, -0.05) is 13.8 Å². The zero-order valence-electron chi connectivity index (χ0n) is 12.0. The van der Waals surface area contributed by atoms with Gasteiger partial charge >= 0.3 is 0 Å². The lowest BCUT2D eigenvalue weighted by Gasteiger charge is -2.21. The number of aliphatic hydroxyl groups is 1. The molecule has 0 aliphatic carbocycles. The Bertz CT molecular complexity index is 363. The van der Waals surface area contributed by atoms with E-state index in [9.17, 15) is 0 Å². The van der Waals surface area contributed by atoms with Crippen LogP contribution in [-0.4, -0.2) is 36.8 Å². The first-order valence-electron chi connectivity index (χ1n) is 6.43. The van der Waals surface area contributed by atoms with Crippen molar-refractivity contribution in [2.24, 2.45) is 5.92 Å². The van der Waals surface area contributed by atoms with Crippen molar-refractivity contribution in [2.75, 3.05) is 25.6 Å². The molecular weight excluding hydrogens is 246 g/mol. The first-order valence-corrected chi connectivity index (χ1v) is 7.25. The third-order valence-corrected chi connectivity index (χ3v) is 4.36. The summed E-state index contributed by atoms with van der Waals surface area (Å²) in [5.74, 6) is 0.527. The summed E-state index contributed by atoms with van der Waals surface area (Å²) in [5, 5.41) is 13.6. The summed E-state index contributed by atoms with van der Waals surface area (Å²) >= 11 is 1.73. The molecule has 0 bridgehead atoms. The number of hydrogen-bond donors (Lipinski definition) is 2. The number of aryl methyl sites for hydroxylation is 1. The van der Waals surface area contributed by atoms with E-state index in [1.54, 1.807) is 11.3 Å². The van der Waals surface area contributed by atoms with Crippen molar-refractivity contribution in [3.63, 3.8) is 0 Å². The highest BCUT2D eigenvalue weighted by molar-refractivity contribution is 7.15. The van der Waals surface area contributed by atoms with E-state index in [-0.39, 0.29) is 6.61 Å². The Morgan fingerprint density at radius 2 is 2.06 bits per heavy atom. The van der Waals surface area contributed by atoms with Crippen molar-refractivity contribution in [1.82, 2.24) is 10.3 Å². The van der Waals surface area contributed by atoms with E-state index >= 15 is 0 Å². The fourth-order valence-corrected chi connectivity index (χ4v) is 2.74. The minimum Gasteiger partial charge on any atom is -0.396 e. The van der Waals surface area contributed by atoms with Gasteiger partial charge in [-0.05, 0) is 19.3 Å². The second-order valence-corrected chi connectivity index (χ2v) is 6.21. The number of nitrogens with one attached hydrogen (secondary N) is 1. The number of aliphatic hydroxyl groups excluding tert-OH is 1. The van der Waals surface area contributed by atoms with E-state index in [1.165, 1.54) is 4.88 Å². The van der Waals surface area contributed by atoms with E-state index in [0.717, 1.165) is 23.8 Å². The summed E-state index contributed by atoms with van der Waals surface area (Å²) in [6, 6.07) is 0.360. The van der Waals surface area contributed by atoms with Crippen LogP contribution in [0.5, 0.6) is 0 Å². The molecular formula is C13H25N3OS. The lowest BCUT2D eigenvalue weighted by molar-refractivity contribution is 0.244. The maximum absolute atomic E-state index is 9.06. The minimum absolute atomic E-state index is 0.237. The Balaban J connectivity index is 2.61. The van der Waals surface area contributed by atoms with Gasteiger partial charge in [0.2, 0.25) is 0 Å². The summed E-state index contributed by atoms with van der Waals surface area (Å²) < 4.78 is 0. The smallest absolute Gasteiger partial charge is 0.185 e. The van der Waals surface area contributed by atoms with Crippen LogP contribution in [0.3, 0.4) is 0 Å². The molecule has 0 radical (unpaired) electrons. The second kappa shape index (κ2) is 7.07. The average molecular weight is 271 g/mol. The molecule has 1 rings (SSSR count). The lowest BCUT2D eigenvalue weighted by atomic mass is 10.0. The Morgan fingerprint density at radius 1 is 1.39 bits per heavy atom. The normalized spacial score (nSPS) is 13.1. The van der Waals surface area contributed by atoms with Crippen LogP contribution in [-0.2, 0) is 6.54 Å². The molecule has 5 heteroatoms. The average Bonchev–Trinajstić information content (AvgIpc) is 2.66. The van der Waals surface area contributed by atoms with Gasteiger partial charge in [0, 0.05) is 38.2 Å². The Labute approximate surface area is 114 Å². The summed E-state index contributed by atoms with van der Waals surface area (Å²) in [5.41, 5.74) is 1.10. The van der Waals surface area contributed by atoms with Gasteiger partial charge in [-0.2, -0.15) is 0 Å². The molecule has 0 saturated heterocycles. The van der Waals surface area contributed by atoms with Crippen LogP contribution in [0.15, 0.2) is 0 Å².